The fraction of sp³-hybridized carbons (Fsp3) is 0.222. The molecule has 0 heterocycles. The Bertz CT molecular complexity index is 697. The number of ether oxygens (including phenoxy) is 3. The molecule has 1 N–H and O–H groups in total. The minimum absolute atomic E-state index is 0.131. The fourth-order valence-corrected chi connectivity index (χ4v) is 1.97. The van der Waals surface area contributed by atoms with Crippen LogP contribution in [0.5, 0.6) is 11.5 Å². The largest absolute Gasteiger partial charge is 0.494 e. The Labute approximate surface area is 140 Å². The Hall–Kier alpha value is -3.02. The molecule has 2 aromatic rings. The zero-order valence-electron chi connectivity index (χ0n) is 13.6. The molecule has 0 atom stereocenters. The van der Waals surface area contributed by atoms with Crippen LogP contribution in [0.15, 0.2) is 48.5 Å². The molecule has 0 aliphatic heterocycles. The summed E-state index contributed by atoms with van der Waals surface area (Å²) < 4.78 is 15.4. The molecule has 2 rings (SSSR count). The summed E-state index contributed by atoms with van der Waals surface area (Å²) in [5, 5.41) is 2.69. The SMILES string of the molecule is CCOc1cccc(OCC(=O)Nc2ccc(C(=O)OC)cc2)c1. The van der Waals surface area contributed by atoms with Crippen LogP contribution < -0.4 is 14.8 Å². The predicted octanol–water partition coefficient (Wildman–Crippen LogP) is 2.89. The van der Waals surface area contributed by atoms with Gasteiger partial charge in [-0.05, 0) is 43.3 Å². The van der Waals surface area contributed by atoms with Gasteiger partial charge in [-0.25, -0.2) is 4.79 Å². The number of carbonyl (C=O) groups excluding carboxylic acids is 2. The topological polar surface area (TPSA) is 73.9 Å². The van der Waals surface area contributed by atoms with Crippen molar-refractivity contribution in [2.45, 2.75) is 6.92 Å². The van der Waals surface area contributed by atoms with Crippen molar-refractivity contribution >= 4 is 17.6 Å². The van der Waals surface area contributed by atoms with E-state index in [1.807, 2.05) is 13.0 Å². The van der Waals surface area contributed by atoms with Crippen LogP contribution in [-0.2, 0) is 9.53 Å². The summed E-state index contributed by atoms with van der Waals surface area (Å²) in [4.78, 5) is 23.3. The van der Waals surface area contributed by atoms with E-state index < -0.39 is 5.97 Å². The molecule has 126 valence electrons. The van der Waals surface area contributed by atoms with Crippen LogP contribution in [0.25, 0.3) is 0 Å². The van der Waals surface area contributed by atoms with E-state index in [0.717, 1.165) is 0 Å². The van der Waals surface area contributed by atoms with Crippen LogP contribution >= 0.6 is 0 Å². The minimum atomic E-state index is -0.426. The molecular formula is C18H19NO5. The molecule has 2 aromatic carbocycles. The van der Waals surface area contributed by atoms with Gasteiger partial charge in [0.15, 0.2) is 6.61 Å². The van der Waals surface area contributed by atoms with Gasteiger partial charge in [0.2, 0.25) is 0 Å². The quantitative estimate of drug-likeness (QED) is 0.791. The molecular weight excluding hydrogens is 310 g/mol. The van der Waals surface area contributed by atoms with Gasteiger partial charge in [-0.15, -0.1) is 0 Å². The number of esters is 1. The van der Waals surface area contributed by atoms with Gasteiger partial charge in [0.05, 0.1) is 19.3 Å². The van der Waals surface area contributed by atoms with Gasteiger partial charge in [0.25, 0.3) is 5.91 Å². The lowest BCUT2D eigenvalue weighted by atomic mass is 10.2. The van der Waals surface area contributed by atoms with Gasteiger partial charge in [0.1, 0.15) is 11.5 Å². The molecule has 0 unspecified atom stereocenters. The van der Waals surface area contributed by atoms with Crippen LogP contribution in [-0.4, -0.2) is 32.2 Å². The Kier molecular flexibility index (Phi) is 6.19. The predicted molar refractivity (Wildman–Crippen MR) is 89.5 cm³/mol. The minimum Gasteiger partial charge on any atom is -0.494 e. The molecule has 24 heavy (non-hydrogen) atoms. The van der Waals surface area contributed by atoms with E-state index in [0.29, 0.717) is 29.4 Å². The van der Waals surface area contributed by atoms with Gasteiger partial charge < -0.3 is 19.5 Å². The van der Waals surface area contributed by atoms with Crippen LogP contribution in [0.1, 0.15) is 17.3 Å². The van der Waals surface area contributed by atoms with E-state index in [9.17, 15) is 9.59 Å². The van der Waals surface area contributed by atoms with Crippen molar-refractivity contribution in [1.29, 1.82) is 0 Å². The third kappa shape index (κ3) is 5.01. The van der Waals surface area contributed by atoms with Crippen molar-refractivity contribution < 1.29 is 23.8 Å². The van der Waals surface area contributed by atoms with E-state index in [2.05, 4.69) is 10.1 Å². The maximum Gasteiger partial charge on any atom is 0.337 e. The number of carbonyl (C=O) groups is 2. The van der Waals surface area contributed by atoms with E-state index >= 15 is 0 Å². The zero-order valence-corrected chi connectivity index (χ0v) is 13.6. The summed E-state index contributed by atoms with van der Waals surface area (Å²) in [5.41, 5.74) is 0.985. The van der Waals surface area contributed by atoms with E-state index in [1.54, 1.807) is 42.5 Å². The summed E-state index contributed by atoms with van der Waals surface area (Å²) >= 11 is 0. The Balaban J connectivity index is 1.87. The molecule has 0 aliphatic rings. The lowest BCUT2D eigenvalue weighted by Crippen LogP contribution is -2.20. The maximum atomic E-state index is 11.9. The lowest BCUT2D eigenvalue weighted by Gasteiger charge is -2.09. The number of hydrogen-bond donors (Lipinski definition) is 1. The molecule has 0 aliphatic carbocycles. The first-order chi connectivity index (χ1) is 11.6. The molecule has 0 saturated carbocycles. The number of anilines is 1. The van der Waals surface area contributed by atoms with Crippen molar-refractivity contribution in [3.63, 3.8) is 0 Å². The third-order valence-corrected chi connectivity index (χ3v) is 3.08. The van der Waals surface area contributed by atoms with E-state index in [-0.39, 0.29) is 12.5 Å². The number of nitrogens with one attached hydrogen (secondary N) is 1. The number of methoxy groups -OCH3 is 1. The van der Waals surface area contributed by atoms with Gasteiger partial charge in [-0.2, -0.15) is 0 Å². The average molecular weight is 329 g/mol. The molecule has 6 nitrogen and oxygen atoms in total. The monoisotopic (exact) mass is 329 g/mol. The summed E-state index contributed by atoms with van der Waals surface area (Å²) in [6.07, 6.45) is 0. The Morgan fingerprint density at radius 2 is 1.67 bits per heavy atom. The average Bonchev–Trinajstić information content (AvgIpc) is 2.60. The van der Waals surface area contributed by atoms with Gasteiger partial charge >= 0.3 is 5.97 Å². The highest BCUT2D eigenvalue weighted by Crippen LogP contribution is 2.19. The standard InChI is InChI=1S/C18H19NO5/c1-3-23-15-5-4-6-16(11-15)24-12-17(20)19-14-9-7-13(8-10-14)18(21)22-2/h4-11H,3,12H2,1-2H3,(H,19,20). The first-order valence-corrected chi connectivity index (χ1v) is 7.46. The van der Waals surface area contributed by atoms with Gasteiger partial charge in [-0.3, -0.25) is 4.79 Å². The molecule has 0 fully saturated rings. The smallest absolute Gasteiger partial charge is 0.337 e. The highest BCUT2D eigenvalue weighted by molar-refractivity contribution is 5.93. The number of rotatable bonds is 7. The third-order valence-electron chi connectivity index (χ3n) is 3.08. The number of amides is 1. The van der Waals surface area contributed by atoms with Crippen molar-refractivity contribution in [1.82, 2.24) is 0 Å². The number of benzene rings is 2. The molecule has 0 radical (unpaired) electrons. The highest BCUT2D eigenvalue weighted by atomic mass is 16.5. The van der Waals surface area contributed by atoms with Crippen LogP contribution in [0.3, 0.4) is 0 Å². The van der Waals surface area contributed by atoms with Gasteiger partial charge in [0, 0.05) is 11.8 Å². The second kappa shape index (κ2) is 8.57. The van der Waals surface area contributed by atoms with Crippen molar-refractivity contribution in [3.8, 4) is 11.5 Å². The van der Waals surface area contributed by atoms with E-state index in [1.165, 1.54) is 7.11 Å². The molecule has 0 spiro atoms. The first kappa shape index (κ1) is 17.3. The Morgan fingerprint density at radius 3 is 2.29 bits per heavy atom. The second-order valence-corrected chi connectivity index (χ2v) is 4.81. The summed E-state index contributed by atoms with van der Waals surface area (Å²) in [7, 11) is 1.32. The van der Waals surface area contributed by atoms with Crippen molar-refractivity contribution in [2.75, 3.05) is 25.6 Å². The van der Waals surface area contributed by atoms with Crippen LogP contribution in [0, 0.1) is 0 Å². The highest BCUT2D eigenvalue weighted by Gasteiger charge is 2.07. The summed E-state index contributed by atoms with van der Waals surface area (Å²) in [6, 6.07) is 13.5. The molecule has 0 saturated heterocycles. The summed E-state index contributed by atoms with van der Waals surface area (Å²) in [5.74, 6) is 0.513. The van der Waals surface area contributed by atoms with Crippen molar-refractivity contribution in [2.24, 2.45) is 0 Å². The molecule has 1 amide bonds. The normalized spacial score (nSPS) is 9.92. The summed E-state index contributed by atoms with van der Waals surface area (Å²) in [6.45, 7) is 2.33. The second-order valence-electron chi connectivity index (χ2n) is 4.81. The van der Waals surface area contributed by atoms with Crippen LogP contribution in [0.4, 0.5) is 5.69 Å². The maximum absolute atomic E-state index is 11.9. The lowest BCUT2D eigenvalue weighted by molar-refractivity contribution is -0.118. The molecule has 0 bridgehead atoms. The molecule has 6 heteroatoms. The zero-order chi connectivity index (χ0) is 17.4. The van der Waals surface area contributed by atoms with Gasteiger partial charge in [-0.1, -0.05) is 6.07 Å². The number of hydrogen-bond acceptors (Lipinski definition) is 5. The fourth-order valence-electron chi connectivity index (χ4n) is 1.97. The Morgan fingerprint density at radius 1 is 1.00 bits per heavy atom. The molecule has 0 aromatic heterocycles. The van der Waals surface area contributed by atoms with Crippen molar-refractivity contribution in [3.05, 3.63) is 54.1 Å². The van der Waals surface area contributed by atoms with Crippen LogP contribution in [0.2, 0.25) is 0 Å². The van der Waals surface area contributed by atoms with E-state index in [4.69, 9.17) is 9.47 Å². The first-order valence-electron chi connectivity index (χ1n) is 7.46.